The summed E-state index contributed by atoms with van der Waals surface area (Å²) < 4.78 is 2.15. The van der Waals surface area contributed by atoms with Crippen molar-refractivity contribution in [2.75, 3.05) is 0 Å². The van der Waals surface area contributed by atoms with Crippen LogP contribution in [0.5, 0.6) is 0 Å². The van der Waals surface area contributed by atoms with Gasteiger partial charge in [0.2, 0.25) is 0 Å². The molecule has 0 amide bonds. The molecule has 0 fully saturated rings. The first kappa shape index (κ1) is 12.7. The molecule has 104 valence electrons. The van der Waals surface area contributed by atoms with Gasteiger partial charge in [0.05, 0.1) is 5.56 Å². The van der Waals surface area contributed by atoms with Crippen LogP contribution in [0.15, 0.2) is 72.9 Å². The zero-order valence-corrected chi connectivity index (χ0v) is 12.0. The van der Waals surface area contributed by atoms with Gasteiger partial charge < -0.3 is 4.57 Å². The van der Waals surface area contributed by atoms with E-state index in [2.05, 4.69) is 59.2 Å². The molecule has 0 bridgehead atoms. The van der Waals surface area contributed by atoms with Gasteiger partial charge in [-0.1, -0.05) is 54.6 Å². The van der Waals surface area contributed by atoms with Crippen molar-refractivity contribution in [1.82, 2.24) is 4.57 Å². The summed E-state index contributed by atoms with van der Waals surface area (Å²) in [6, 6.07) is 25.2. The number of nitrogens with zero attached hydrogens (tertiary/aromatic N) is 2. The van der Waals surface area contributed by atoms with Gasteiger partial charge in [-0.2, -0.15) is 5.26 Å². The van der Waals surface area contributed by atoms with Crippen molar-refractivity contribution in [1.29, 1.82) is 5.26 Å². The SMILES string of the molecule is N#Cc1cn(Cc2ccc3ccccc3c2)c2ccccc12. The van der Waals surface area contributed by atoms with Crippen LogP contribution in [0.2, 0.25) is 0 Å². The molecule has 1 heterocycles. The van der Waals surface area contributed by atoms with Gasteiger partial charge in [-0.15, -0.1) is 0 Å². The summed E-state index contributed by atoms with van der Waals surface area (Å²) in [5.41, 5.74) is 3.08. The minimum atomic E-state index is 0.733. The molecule has 1 aromatic heterocycles. The molecular formula is C20H14N2. The maximum Gasteiger partial charge on any atom is 0.101 e. The predicted molar refractivity (Wildman–Crippen MR) is 89.7 cm³/mol. The van der Waals surface area contributed by atoms with Crippen molar-refractivity contribution in [2.24, 2.45) is 0 Å². The lowest BCUT2D eigenvalue weighted by molar-refractivity contribution is 0.837. The van der Waals surface area contributed by atoms with Crippen LogP contribution in [-0.4, -0.2) is 4.57 Å². The first-order valence-corrected chi connectivity index (χ1v) is 7.31. The van der Waals surface area contributed by atoms with Crippen LogP contribution in [0.4, 0.5) is 0 Å². The molecule has 3 aromatic carbocycles. The molecule has 0 radical (unpaired) electrons. The van der Waals surface area contributed by atoms with Gasteiger partial charge in [-0.05, 0) is 28.5 Å². The second-order valence-corrected chi connectivity index (χ2v) is 5.48. The number of rotatable bonds is 2. The number of benzene rings is 3. The Labute approximate surface area is 128 Å². The molecule has 0 saturated heterocycles. The summed E-state index contributed by atoms with van der Waals surface area (Å²) in [5.74, 6) is 0. The second-order valence-electron chi connectivity index (χ2n) is 5.48. The quantitative estimate of drug-likeness (QED) is 0.523. The van der Waals surface area contributed by atoms with Crippen molar-refractivity contribution in [3.8, 4) is 6.07 Å². The highest BCUT2D eigenvalue weighted by molar-refractivity contribution is 5.86. The van der Waals surface area contributed by atoms with Crippen molar-refractivity contribution in [2.45, 2.75) is 6.54 Å². The first-order chi connectivity index (χ1) is 10.8. The number of hydrogen-bond donors (Lipinski definition) is 0. The molecule has 22 heavy (non-hydrogen) atoms. The Hall–Kier alpha value is -3.05. The maximum atomic E-state index is 9.29. The van der Waals surface area contributed by atoms with E-state index in [0.717, 1.165) is 23.0 Å². The van der Waals surface area contributed by atoms with Gasteiger partial charge in [0, 0.05) is 23.6 Å². The molecule has 0 atom stereocenters. The van der Waals surface area contributed by atoms with Crippen LogP contribution in [0.3, 0.4) is 0 Å². The Balaban J connectivity index is 1.81. The molecule has 2 nitrogen and oxygen atoms in total. The third-order valence-corrected chi connectivity index (χ3v) is 4.08. The summed E-state index contributed by atoms with van der Waals surface area (Å²) in [6.45, 7) is 0.771. The molecule has 4 aromatic rings. The van der Waals surface area contributed by atoms with E-state index in [1.165, 1.54) is 16.3 Å². The fourth-order valence-corrected chi connectivity index (χ4v) is 3.00. The zero-order valence-electron chi connectivity index (χ0n) is 12.0. The molecule has 0 unspecified atom stereocenters. The van der Waals surface area contributed by atoms with E-state index in [1.807, 2.05) is 24.4 Å². The number of hydrogen-bond acceptors (Lipinski definition) is 1. The van der Waals surface area contributed by atoms with Gasteiger partial charge in [-0.3, -0.25) is 0 Å². The summed E-state index contributed by atoms with van der Waals surface area (Å²) in [4.78, 5) is 0. The average Bonchev–Trinajstić information content (AvgIpc) is 2.93. The van der Waals surface area contributed by atoms with Crippen LogP contribution in [0, 0.1) is 11.3 Å². The third kappa shape index (κ3) is 2.04. The first-order valence-electron chi connectivity index (χ1n) is 7.31. The van der Waals surface area contributed by atoms with Crippen LogP contribution in [0.25, 0.3) is 21.7 Å². The molecule has 0 N–H and O–H groups in total. The lowest BCUT2D eigenvalue weighted by Crippen LogP contribution is -1.97. The molecule has 0 saturated carbocycles. The van der Waals surface area contributed by atoms with E-state index < -0.39 is 0 Å². The van der Waals surface area contributed by atoms with Crippen molar-refractivity contribution in [3.63, 3.8) is 0 Å². The molecule has 2 heteroatoms. The number of fused-ring (bicyclic) bond motifs is 2. The molecule has 0 spiro atoms. The van der Waals surface area contributed by atoms with E-state index in [1.54, 1.807) is 0 Å². The average molecular weight is 282 g/mol. The predicted octanol–water partition coefficient (Wildman–Crippen LogP) is 4.71. The van der Waals surface area contributed by atoms with Crippen LogP contribution < -0.4 is 0 Å². The molecule has 0 aliphatic heterocycles. The molecule has 0 aliphatic rings. The van der Waals surface area contributed by atoms with Crippen molar-refractivity contribution >= 4 is 21.7 Å². The normalized spacial score (nSPS) is 10.9. The minimum Gasteiger partial charge on any atom is -0.342 e. The van der Waals surface area contributed by atoms with Crippen LogP contribution in [-0.2, 0) is 6.54 Å². The van der Waals surface area contributed by atoms with Gasteiger partial charge >= 0.3 is 0 Å². The molecule has 0 aliphatic carbocycles. The summed E-state index contributed by atoms with van der Waals surface area (Å²) in [7, 11) is 0. The van der Waals surface area contributed by atoms with Crippen molar-refractivity contribution in [3.05, 3.63) is 84.1 Å². The van der Waals surface area contributed by atoms with Gasteiger partial charge in [0.25, 0.3) is 0 Å². The Kier molecular flexibility index (Phi) is 2.91. The van der Waals surface area contributed by atoms with E-state index in [0.29, 0.717) is 0 Å². The molecular weight excluding hydrogens is 268 g/mol. The standard InChI is InChI=1S/C20H14N2/c21-12-18-14-22(20-8-4-3-7-19(18)20)13-15-9-10-16-5-1-2-6-17(16)11-15/h1-11,14H,13H2. The monoisotopic (exact) mass is 282 g/mol. The highest BCUT2D eigenvalue weighted by Gasteiger charge is 2.08. The summed E-state index contributed by atoms with van der Waals surface area (Å²) in [5, 5.41) is 12.8. The van der Waals surface area contributed by atoms with Gasteiger partial charge in [0.1, 0.15) is 6.07 Å². The number of aromatic nitrogens is 1. The minimum absolute atomic E-state index is 0.733. The maximum absolute atomic E-state index is 9.29. The Morgan fingerprint density at radius 1 is 0.864 bits per heavy atom. The second kappa shape index (κ2) is 5.05. The van der Waals surface area contributed by atoms with E-state index in [4.69, 9.17) is 0 Å². The smallest absolute Gasteiger partial charge is 0.101 e. The van der Waals surface area contributed by atoms with Gasteiger partial charge in [0.15, 0.2) is 0 Å². The lowest BCUT2D eigenvalue weighted by atomic mass is 10.1. The fourth-order valence-electron chi connectivity index (χ4n) is 3.00. The number of para-hydroxylation sites is 1. The Bertz CT molecular complexity index is 1020. The van der Waals surface area contributed by atoms with Gasteiger partial charge in [-0.25, -0.2) is 0 Å². The Morgan fingerprint density at radius 2 is 1.64 bits per heavy atom. The number of nitriles is 1. The largest absolute Gasteiger partial charge is 0.342 e. The van der Waals surface area contributed by atoms with E-state index in [9.17, 15) is 5.26 Å². The van der Waals surface area contributed by atoms with E-state index in [-0.39, 0.29) is 0 Å². The summed E-state index contributed by atoms with van der Waals surface area (Å²) in [6.07, 6.45) is 1.94. The third-order valence-electron chi connectivity index (χ3n) is 4.08. The highest BCUT2D eigenvalue weighted by atomic mass is 15.0. The molecule has 4 rings (SSSR count). The van der Waals surface area contributed by atoms with Crippen LogP contribution in [0.1, 0.15) is 11.1 Å². The highest BCUT2D eigenvalue weighted by Crippen LogP contribution is 2.23. The van der Waals surface area contributed by atoms with Crippen LogP contribution >= 0.6 is 0 Å². The fraction of sp³-hybridized carbons (Fsp3) is 0.0500. The Morgan fingerprint density at radius 3 is 2.50 bits per heavy atom. The van der Waals surface area contributed by atoms with Crippen molar-refractivity contribution < 1.29 is 0 Å². The summed E-state index contributed by atoms with van der Waals surface area (Å²) >= 11 is 0. The van der Waals surface area contributed by atoms with E-state index >= 15 is 0 Å². The topological polar surface area (TPSA) is 28.7 Å². The zero-order chi connectivity index (χ0) is 14.9. The lowest BCUT2D eigenvalue weighted by Gasteiger charge is -2.07.